The Kier molecular flexibility index (Phi) is 6.27. The molecule has 0 saturated carbocycles. The van der Waals surface area contributed by atoms with Gasteiger partial charge < -0.3 is 15.1 Å². The molecule has 9 heteroatoms. The van der Waals surface area contributed by atoms with Crippen LogP contribution in [-0.2, 0) is 21.4 Å². The number of likely N-dealkylation sites (N-methyl/N-ethyl adjacent to an activating group) is 1. The molecule has 2 aliphatic rings. The Morgan fingerprint density at radius 3 is 2.74 bits per heavy atom. The van der Waals surface area contributed by atoms with E-state index in [9.17, 15) is 13.2 Å². The number of carbonyl (C=O) groups excluding carboxylic acids is 1. The fraction of sp³-hybridized carbons (Fsp3) is 0.455. The van der Waals surface area contributed by atoms with Crippen molar-refractivity contribution in [1.29, 1.82) is 0 Å². The van der Waals surface area contributed by atoms with Crippen molar-refractivity contribution in [2.24, 2.45) is 0 Å². The van der Waals surface area contributed by atoms with Gasteiger partial charge in [-0.3, -0.25) is 9.78 Å². The molecule has 1 aromatic heterocycles. The molecule has 1 aromatic carbocycles. The summed E-state index contributed by atoms with van der Waals surface area (Å²) in [7, 11) is 0.214. The highest BCUT2D eigenvalue weighted by atomic mass is 32.2. The van der Waals surface area contributed by atoms with E-state index >= 15 is 0 Å². The molecule has 1 amide bonds. The van der Waals surface area contributed by atoms with Crippen LogP contribution in [0.1, 0.15) is 18.4 Å². The third-order valence-electron chi connectivity index (χ3n) is 5.92. The Morgan fingerprint density at radius 1 is 1.19 bits per heavy atom. The van der Waals surface area contributed by atoms with Gasteiger partial charge >= 0.3 is 0 Å². The summed E-state index contributed by atoms with van der Waals surface area (Å²) >= 11 is 0. The van der Waals surface area contributed by atoms with Crippen molar-refractivity contribution < 1.29 is 13.2 Å². The van der Waals surface area contributed by atoms with E-state index in [2.05, 4.69) is 10.3 Å². The van der Waals surface area contributed by atoms with Crippen molar-refractivity contribution in [1.82, 2.24) is 19.5 Å². The molecule has 8 nitrogen and oxygen atoms in total. The summed E-state index contributed by atoms with van der Waals surface area (Å²) < 4.78 is 28.6. The number of sulfonamides is 1. The molecule has 0 aliphatic carbocycles. The highest BCUT2D eigenvalue weighted by molar-refractivity contribution is 7.89. The van der Waals surface area contributed by atoms with Crippen molar-refractivity contribution in [3.63, 3.8) is 0 Å². The first-order valence-electron chi connectivity index (χ1n) is 10.6. The Balaban J connectivity index is 1.65. The number of amides is 1. The maximum Gasteiger partial charge on any atom is 0.245 e. The number of aromatic nitrogens is 1. The number of rotatable bonds is 6. The Hall–Kier alpha value is -2.49. The number of para-hydroxylation sites is 1. The monoisotopic (exact) mass is 443 g/mol. The van der Waals surface area contributed by atoms with E-state index in [1.54, 1.807) is 24.5 Å². The zero-order valence-electron chi connectivity index (χ0n) is 17.9. The molecule has 166 valence electrons. The predicted molar refractivity (Wildman–Crippen MR) is 119 cm³/mol. The zero-order valence-corrected chi connectivity index (χ0v) is 18.8. The lowest BCUT2D eigenvalue weighted by atomic mass is 10.2. The summed E-state index contributed by atoms with van der Waals surface area (Å²) in [6.45, 7) is 1.92. The first kappa shape index (κ1) is 21.7. The highest BCUT2D eigenvalue weighted by Crippen LogP contribution is 2.40. The topological polar surface area (TPSA) is 85.9 Å². The van der Waals surface area contributed by atoms with Crippen LogP contribution >= 0.6 is 0 Å². The molecular weight excluding hydrogens is 414 g/mol. The Bertz CT molecular complexity index is 1030. The number of nitrogens with one attached hydrogen (secondary N) is 1. The van der Waals surface area contributed by atoms with Crippen LogP contribution in [0.3, 0.4) is 0 Å². The molecule has 2 atom stereocenters. The van der Waals surface area contributed by atoms with Gasteiger partial charge in [0.05, 0.1) is 5.69 Å². The molecule has 4 rings (SSSR count). The lowest BCUT2D eigenvalue weighted by Gasteiger charge is -2.31. The molecule has 0 spiro atoms. The van der Waals surface area contributed by atoms with Crippen LogP contribution in [-0.4, -0.2) is 74.3 Å². The van der Waals surface area contributed by atoms with Crippen molar-refractivity contribution >= 4 is 21.6 Å². The average molecular weight is 444 g/mol. The van der Waals surface area contributed by atoms with Gasteiger partial charge in [-0.25, -0.2) is 8.42 Å². The molecule has 2 aromatic rings. The van der Waals surface area contributed by atoms with Gasteiger partial charge in [0.15, 0.2) is 0 Å². The first-order chi connectivity index (χ1) is 14.9. The van der Waals surface area contributed by atoms with Gasteiger partial charge in [0.1, 0.15) is 10.9 Å². The molecule has 0 unspecified atom stereocenters. The van der Waals surface area contributed by atoms with Crippen molar-refractivity contribution in [3.8, 4) is 0 Å². The first-order valence-corrected chi connectivity index (χ1v) is 12.0. The fourth-order valence-electron chi connectivity index (χ4n) is 4.41. The van der Waals surface area contributed by atoms with Crippen molar-refractivity contribution in [2.75, 3.05) is 38.6 Å². The lowest BCUT2D eigenvalue weighted by molar-refractivity contribution is -0.122. The fourth-order valence-corrected chi connectivity index (χ4v) is 6.06. The minimum Gasteiger partial charge on any atom is -0.354 e. The van der Waals surface area contributed by atoms with E-state index in [4.69, 9.17) is 0 Å². The molecule has 3 heterocycles. The average Bonchev–Trinajstić information content (AvgIpc) is 3.14. The van der Waals surface area contributed by atoms with E-state index in [1.807, 2.05) is 48.2 Å². The number of carbonyl (C=O) groups is 1. The lowest BCUT2D eigenvalue weighted by Crippen LogP contribution is -2.49. The summed E-state index contributed by atoms with van der Waals surface area (Å²) in [4.78, 5) is 21.4. The molecule has 0 bridgehead atoms. The van der Waals surface area contributed by atoms with Crippen LogP contribution in [0.2, 0.25) is 0 Å². The molecule has 1 saturated heterocycles. The van der Waals surface area contributed by atoms with Gasteiger partial charge in [-0.05, 0) is 50.7 Å². The van der Waals surface area contributed by atoms with Gasteiger partial charge in [-0.2, -0.15) is 4.31 Å². The molecule has 0 radical (unpaired) electrons. The van der Waals surface area contributed by atoms with Gasteiger partial charge in [-0.15, -0.1) is 0 Å². The highest BCUT2D eigenvalue weighted by Gasteiger charge is 2.45. The summed E-state index contributed by atoms with van der Waals surface area (Å²) in [5.41, 5.74) is 1.46. The smallest absolute Gasteiger partial charge is 0.245 e. The number of hydrogen-bond acceptors (Lipinski definition) is 6. The SMILES string of the molecule is CN(C)CCNC(=O)[C@H]1CC[C@H]2CN(Cc3cccnc3)S(=O)(=O)c3ccccc3N21. The number of fused-ring (bicyclic) bond motifs is 3. The van der Waals surface area contributed by atoms with Crippen LogP contribution < -0.4 is 10.2 Å². The van der Waals surface area contributed by atoms with Crippen molar-refractivity contribution in [2.45, 2.75) is 36.4 Å². The van der Waals surface area contributed by atoms with Crippen LogP contribution in [0.4, 0.5) is 5.69 Å². The van der Waals surface area contributed by atoms with E-state index in [-0.39, 0.29) is 29.4 Å². The standard InChI is InChI=1S/C22H29N5O3S/c1-25(2)13-12-24-22(28)20-10-9-18-16-26(15-17-6-5-11-23-14-17)31(29,30)21-8-4-3-7-19(21)27(18)20/h3-8,11,14,18,20H,9-10,12-13,15-16H2,1-2H3,(H,24,28)/t18-,20+/m0/s1. The van der Waals surface area contributed by atoms with E-state index in [1.165, 1.54) is 4.31 Å². The zero-order chi connectivity index (χ0) is 22.0. The van der Waals surface area contributed by atoms with Gasteiger partial charge in [0.25, 0.3) is 0 Å². The number of hydrogen-bond donors (Lipinski definition) is 1. The maximum atomic E-state index is 13.6. The number of benzene rings is 1. The van der Waals surface area contributed by atoms with Gasteiger partial charge in [-0.1, -0.05) is 18.2 Å². The minimum absolute atomic E-state index is 0.0442. The van der Waals surface area contributed by atoms with E-state index in [0.717, 1.165) is 18.5 Å². The van der Waals surface area contributed by atoms with E-state index in [0.29, 0.717) is 25.2 Å². The minimum atomic E-state index is -3.71. The number of pyridine rings is 1. The normalized spacial score (nSPS) is 22.6. The van der Waals surface area contributed by atoms with Crippen LogP contribution in [0.25, 0.3) is 0 Å². The van der Waals surface area contributed by atoms with Crippen molar-refractivity contribution in [3.05, 3.63) is 54.4 Å². The maximum absolute atomic E-state index is 13.6. The molecule has 1 fully saturated rings. The molecule has 1 N–H and O–H groups in total. The predicted octanol–water partition coefficient (Wildman–Crippen LogP) is 1.30. The molecular formula is C22H29N5O3S. The second-order valence-electron chi connectivity index (χ2n) is 8.38. The molecule has 2 aliphatic heterocycles. The third-order valence-corrected chi connectivity index (χ3v) is 7.78. The summed E-state index contributed by atoms with van der Waals surface area (Å²) in [5.74, 6) is -0.0442. The summed E-state index contributed by atoms with van der Waals surface area (Å²) in [6, 6.07) is 10.3. The summed E-state index contributed by atoms with van der Waals surface area (Å²) in [5, 5.41) is 3.02. The van der Waals surface area contributed by atoms with Crippen LogP contribution in [0, 0.1) is 0 Å². The van der Waals surface area contributed by atoms with Gasteiger partial charge in [0.2, 0.25) is 15.9 Å². The Morgan fingerprint density at radius 2 is 2.00 bits per heavy atom. The summed E-state index contributed by atoms with van der Waals surface area (Å²) in [6.07, 6.45) is 4.83. The third kappa shape index (κ3) is 4.44. The molecule has 31 heavy (non-hydrogen) atoms. The van der Waals surface area contributed by atoms with E-state index < -0.39 is 10.0 Å². The largest absolute Gasteiger partial charge is 0.354 e. The van der Waals surface area contributed by atoms with Crippen LogP contribution in [0.15, 0.2) is 53.7 Å². The number of anilines is 1. The van der Waals surface area contributed by atoms with Crippen LogP contribution in [0.5, 0.6) is 0 Å². The second kappa shape index (κ2) is 8.94. The van der Waals surface area contributed by atoms with Gasteiger partial charge in [0, 0.05) is 44.6 Å². The Labute approximate surface area is 183 Å². The number of nitrogens with zero attached hydrogens (tertiary/aromatic N) is 4. The second-order valence-corrected chi connectivity index (χ2v) is 10.3. The quantitative estimate of drug-likeness (QED) is 0.724.